The Morgan fingerprint density at radius 1 is 1.10 bits per heavy atom. The quantitative estimate of drug-likeness (QED) is 0.531. The van der Waals surface area contributed by atoms with Gasteiger partial charge in [-0.1, -0.05) is 48.5 Å². The van der Waals surface area contributed by atoms with E-state index in [1.807, 2.05) is 30.3 Å². The zero-order chi connectivity index (χ0) is 21.7. The third-order valence-electron chi connectivity index (χ3n) is 4.34. The Morgan fingerprint density at radius 2 is 1.77 bits per heavy atom. The van der Waals surface area contributed by atoms with Gasteiger partial charge in [-0.2, -0.15) is 8.42 Å². The highest BCUT2D eigenvalue weighted by molar-refractivity contribution is 7.86. The SMILES string of the molecule is CS(=O)(=O)O[C@H](CCc1ccccc1)C(=O)Nc1cc2ccccc2nc1C(N)=O. The van der Waals surface area contributed by atoms with Crippen molar-refractivity contribution in [3.8, 4) is 0 Å². The molecular formula is C21H21N3O5S. The number of nitrogens with zero attached hydrogens (tertiary/aromatic N) is 1. The number of aryl methyl sites for hydroxylation is 1. The molecule has 2 amide bonds. The van der Waals surface area contributed by atoms with Crippen LogP contribution >= 0.6 is 0 Å². The van der Waals surface area contributed by atoms with Crippen LogP contribution in [0.5, 0.6) is 0 Å². The number of nitrogens with two attached hydrogens (primary N) is 1. The zero-order valence-electron chi connectivity index (χ0n) is 16.2. The Hall–Kier alpha value is -3.30. The van der Waals surface area contributed by atoms with Crippen molar-refractivity contribution in [2.45, 2.75) is 18.9 Å². The molecule has 0 bridgehead atoms. The molecule has 0 saturated carbocycles. The lowest BCUT2D eigenvalue weighted by molar-refractivity contribution is -0.122. The third kappa shape index (κ3) is 5.62. The maximum absolute atomic E-state index is 12.8. The summed E-state index contributed by atoms with van der Waals surface area (Å²) >= 11 is 0. The van der Waals surface area contributed by atoms with Crippen LogP contribution in [-0.4, -0.2) is 37.6 Å². The minimum absolute atomic E-state index is 0.0908. The Morgan fingerprint density at radius 3 is 2.43 bits per heavy atom. The van der Waals surface area contributed by atoms with Crippen LogP contribution < -0.4 is 11.1 Å². The lowest BCUT2D eigenvalue weighted by Crippen LogP contribution is -2.33. The summed E-state index contributed by atoms with van der Waals surface area (Å²) in [6.45, 7) is 0. The van der Waals surface area contributed by atoms with Crippen LogP contribution in [-0.2, 0) is 25.5 Å². The molecule has 0 aliphatic heterocycles. The molecule has 1 atom stereocenters. The fourth-order valence-electron chi connectivity index (χ4n) is 2.99. The van der Waals surface area contributed by atoms with Crippen LogP contribution in [0.3, 0.4) is 0 Å². The number of hydrogen-bond donors (Lipinski definition) is 2. The molecule has 156 valence electrons. The molecule has 0 spiro atoms. The van der Waals surface area contributed by atoms with E-state index in [2.05, 4.69) is 10.3 Å². The predicted molar refractivity (Wildman–Crippen MR) is 113 cm³/mol. The molecule has 0 aliphatic rings. The summed E-state index contributed by atoms with van der Waals surface area (Å²) < 4.78 is 28.3. The van der Waals surface area contributed by atoms with Gasteiger partial charge in [0.1, 0.15) is 0 Å². The maximum Gasteiger partial charge on any atom is 0.269 e. The number of amides is 2. The number of pyridine rings is 1. The van der Waals surface area contributed by atoms with Gasteiger partial charge in [0, 0.05) is 5.39 Å². The van der Waals surface area contributed by atoms with E-state index < -0.39 is 28.0 Å². The number of anilines is 1. The lowest BCUT2D eigenvalue weighted by atomic mass is 10.1. The highest BCUT2D eigenvalue weighted by atomic mass is 32.2. The van der Waals surface area contributed by atoms with E-state index >= 15 is 0 Å². The van der Waals surface area contributed by atoms with Crippen LogP contribution in [0.25, 0.3) is 10.9 Å². The lowest BCUT2D eigenvalue weighted by Gasteiger charge is -2.17. The molecule has 2 aromatic carbocycles. The number of primary amides is 1. The van der Waals surface area contributed by atoms with Crippen molar-refractivity contribution < 1.29 is 22.2 Å². The first-order valence-corrected chi connectivity index (χ1v) is 11.0. The van der Waals surface area contributed by atoms with Crippen molar-refractivity contribution in [1.82, 2.24) is 4.98 Å². The van der Waals surface area contributed by atoms with Gasteiger partial charge in [0.2, 0.25) is 0 Å². The first-order chi connectivity index (χ1) is 14.2. The van der Waals surface area contributed by atoms with E-state index in [1.54, 1.807) is 30.3 Å². The predicted octanol–water partition coefficient (Wildman–Crippen LogP) is 2.25. The van der Waals surface area contributed by atoms with Gasteiger partial charge in [-0.05, 0) is 30.5 Å². The van der Waals surface area contributed by atoms with Gasteiger partial charge in [0.05, 0.1) is 17.5 Å². The van der Waals surface area contributed by atoms with Crippen LogP contribution in [0.4, 0.5) is 5.69 Å². The van der Waals surface area contributed by atoms with Gasteiger partial charge >= 0.3 is 0 Å². The van der Waals surface area contributed by atoms with Crippen molar-refractivity contribution in [3.63, 3.8) is 0 Å². The number of nitrogens with one attached hydrogen (secondary N) is 1. The van der Waals surface area contributed by atoms with Crippen molar-refractivity contribution in [2.24, 2.45) is 5.73 Å². The smallest absolute Gasteiger partial charge is 0.269 e. The van der Waals surface area contributed by atoms with E-state index in [9.17, 15) is 18.0 Å². The molecule has 0 saturated heterocycles. The standard InChI is InChI=1S/C21H21N3O5S/c1-30(27,28)29-18(12-11-14-7-3-2-4-8-14)21(26)24-17-13-15-9-5-6-10-16(15)23-19(17)20(22)25/h2-10,13,18H,11-12H2,1H3,(H2,22,25)(H,24,26)/t18-/m1/s1. The summed E-state index contributed by atoms with van der Waals surface area (Å²) in [6.07, 6.45) is 0.137. The summed E-state index contributed by atoms with van der Waals surface area (Å²) in [5.74, 6) is -1.53. The number of benzene rings is 2. The molecule has 0 unspecified atom stereocenters. The van der Waals surface area contributed by atoms with Crippen LogP contribution in [0, 0.1) is 0 Å². The van der Waals surface area contributed by atoms with E-state index in [0.29, 0.717) is 17.3 Å². The first kappa shape index (κ1) is 21.4. The number of carbonyl (C=O) groups excluding carboxylic acids is 2. The number of rotatable bonds is 8. The van der Waals surface area contributed by atoms with Crippen LogP contribution in [0.1, 0.15) is 22.5 Å². The number of para-hydroxylation sites is 1. The summed E-state index contributed by atoms with van der Waals surface area (Å²) in [4.78, 5) is 28.9. The van der Waals surface area contributed by atoms with Crippen molar-refractivity contribution in [3.05, 3.63) is 71.9 Å². The fourth-order valence-corrected chi connectivity index (χ4v) is 3.59. The second kappa shape index (κ2) is 9.02. The average Bonchev–Trinajstić information content (AvgIpc) is 2.70. The molecule has 1 aromatic heterocycles. The molecule has 0 fully saturated rings. The number of carbonyl (C=O) groups is 2. The van der Waals surface area contributed by atoms with E-state index in [-0.39, 0.29) is 17.8 Å². The van der Waals surface area contributed by atoms with Crippen molar-refractivity contribution in [2.75, 3.05) is 11.6 Å². The summed E-state index contributed by atoms with van der Waals surface area (Å²) in [5, 5.41) is 3.23. The molecule has 8 nitrogen and oxygen atoms in total. The molecular weight excluding hydrogens is 406 g/mol. The zero-order valence-corrected chi connectivity index (χ0v) is 17.1. The average molecular weight is 427 g/mol. The molecule has 1 heterocycles. The second-order valence-corrected chi connectivity index (χ2v) is 8.34. The summed E-state index contributed by atoms with van der Waals surface area (Å²) in [6, 6.07) is 17.9. The summed E-state index contributed by atoms with van der Waals surface area (Å²) in [7, 11) is -3.89. The van der Waals surface area contributed by atoms with Crippen LogP contribution in [0.2, 0.25) is 0 Å². The normalized spacial score (nSPS) is 12.4. The van der Waals surface area contributed by atoms with Gasteiger partial charge in [-0.3, -0.25) is 13.8 Å². The van der Waals surface area contributed by atoms with E-state index in [1.165, 1.54) is 0 Å². The fraction of sp³-hybridized carbons (Fsp3) is 0.190. The van der Waals surface area contributed by atoms with Gasteiger partial charge < -0.3 is 11.1 Å². The Balaban J connectivity index is 1.87. The first-order valence-electron chi connectivity index (χ1n) is 9.15. The van der Waals surface area contributed by atoms with Gasteiger partial charge in [0.15, 0.2) is 11.8 Å². The molecule has 3 rings (SSSR count). The van der Waals surface area contributed by atoms with E-state index in [0.717, 1.165) is 11.8 Å². The molecule has 0 radical (unpaired) electrons. The van der Waals surface area contributed by atoms with Crippen molar-refractivity contribution >= 4 is 38.5 Å². The topological polar surface area (TPSA) is 128 Å². The van der Waals surface area contributed by atoms with Gasteiger partial charge in [-0.25, -0.2) is 4.98 Å². The van der Waals surface area contributed by atoms with Gasteiger partial charge in [-0.15, -0.1) is 0 Å². The third-order valence-corrected chi connectivity index (χ3v) is 4.92. The largest absolute Gasteiger partial charge is 0.364 e. The second-order valence-electron chi connectivity index (χ2n) is 6.74. The highest BCUT2D eigenvalue weighted by Gasteiger charge is 2.25. The molecule has 0 aliphatic carbocycles. The van der Waals surface area contributed by atoms with Crippen molar-refractivity contribution in [1.29, 1.82) is 0 Å². The molecule has 3 N–H and O–H groups in total. The number of fused-ring (bicyclic) bond motifs is 1. The van der Waals surface area contributed by atoms with Gasteiger partial charge in [0.25, 0.3) is 21.9 Å². The molecule has 30 heavy (non-hydrogen) atoms. The molecule has 3 aromatic rings. The summed E-state index contributed by atoms with van der Waals surface area (Å²) in [5.41, 5.74) is 6.85. The minimum Gasteiger partial charge on any atom is -0.364 e. The molecule has 9 heteroatoms. The highest BCUT2D eigenvalue weighted by Crippen LogP contribution is 2.22. The Bertz CT molecular complexity index is 1180. The Labute approximate surface area is 174 Å². The van der Waals surface area contributed by atoms with E-state index in [4.69, 9.17) is 9.92 Å². The number of aromatic nitrogens is 1. The minimum atomic E-state index is -3.89. The van der Waals surface area contributed by atoms with Crippen LogP contribution in [0.15, 0.2) is 60.7 Å². The maximum atomic E-state index is 12.8. The number of hydrogen-bond acceptors (Lipinski definition) is 6. The monoisotopic (exact) mass is 427 g/mol. The Kier molecular flexibility index (Phi) is 6.43.